The SMILES string of the molecule is CCOC(=O)C1(c2cc(C(C)C)on2)CN=C(NC2=C3CCCC3=CC3CCCC23)O1. The number of ether oxygens (including phenoxy) is 2. The number of aromatic nitrogens is 1. The predicted octanol–water partition coefficient (Wildman–Crippen LogP) is 4.33. The van der Waals surface area contributed by atoms with E-state index in [0.29, 0.717) is 29.3 Å². The molecule has 2 heterocycles. The van der Waals surface area contributed by atoms with Crippen LogP contribution < -0.4 is 5.32 Å². The van der Waals surface area contributed by atoms with Gasteiger partial charge in [-0.05, 0) is 56.1 Å². The van der Waals surface area contributed by atoms with Crippen molar-refractivity contribution in [1.29, 1.82) is 0 Å². The summed E-state index contributed by atoms with van der Waals surface area (Å²) in [7, 11) is 0. The number of hydrogen-bond acceptors (Lipinski definition) is 7. The number of allylic oxidation sites excluding steroid dienone is 4. The summed E-state index contributed by atoms with van der Waals surface area (Å²) in [5, 5.41) is 7.67. The van der Waals surface area contributed by atoms with Crippen molar-refractivity contribution in [3.8, 4) is 0 Å². The van der Waals surface area contributed by atoms with Gasteiger partial charge in [-0.3, -0.25) is 0 Å². The number of amidine groups is 1. The first-order chi connectivity index (χ1) is 15.0. The van der Waals surface area contributed by atoms with Crippen LogP contribution in [0.3, 0.4) is 0 Å². The summed E-state index contributed by atoms with van der Waals surface area (Å²) in [5.41, 5.74) is 3.17. The zero-order valence-corrected chi connectivity index (χ0v) is 18.6. The summed E-state index contributed by atoms with van der Waals surface area (Å²) in [4.78, 5) is 17.6. The first-order valence-electron chi connectivity index (χ1n) is 11.6. The second kappa shape index (κ2) is 7.84. The van der Waals surface area contributed by atoms with E-state index in [1.54, 1.807) is 13.0 Å². The molecule has 4 aliphatic rings. The van der Waals surface area contributed by atoms with Crippen LogP contribution >= 0.6 is 0 Å². The van der Waals surface area contributed by atoms with Gasteiger partial charge in [-0.25, -0.2) is 9.79 Å². The largest absolute Gasteiger partial charge is 0.463 e. The Morgan fingerprint density at radius 3 is 2.97 bits per heavy atom. The standard InChI is InChI=1S/C24H31N3O4/c1-4-29-22(28)24(20-12-19(14(2)3)31-27-20)13-25-23(30-24)26-21-17-9-5-7-15(17)11-16-8-6-10-18(16)21/h11-12,14-15,17H,4-10,13H2,1-3H3,(H,25,26). The second-order valence-electron chi connectivity index (χ2n) is 9.30. The fourth-order valence-corrected chi connectivity index (χ4v) is 5.39. The van der Waals surface area contributed by atoms with Gasteiger partial charge in [-0.15, -0.1) is 0 Å². The fourth-order valence-electron chi connectivity index (χ4n) is 5.39. The summed E-state index contributed by atoms with van der Waals surface area (Å²) in [5.74, 6) is 1.46. The van der Waals surface area contributed by atoms with Crippen LogP contribution in [0.15, 0.2) is 38.5 Å². The summed E-state index contributed by atoms with van der Waals surface area (Å²) < 4.78 is 17.1. The maximum atomic E-state index is 13.0. The molecule has 0 amide bonds. The fraction of sp³-hybridized carbons (Fsp3) is 0.625. The number of fused-ring (bicyclic) bond motifs is 2. The highest BCUT2D eigenvalue weighted by Gasteiger charge is 2.52. The maximum absolute atomic E-state index is 13.0. The number of esters is 1. The van der Waals surface area contributed by atoms with E-state index in [-0.39, 0.29) is 19.1 Å². The molecule has 31 heavy (non-hydrogen) atoms. The first-order valence-corrected chi connectivity index (χ1v) is 11.6. The molecule has 0 bridgehead atoms. The van der Waals surface area contributed by atoms with Gasteiger partial charge in [0.25, 0.3) is 11.6 Å². The minimum absolute atomic E-state index is 0.123. The molecule has 0 aromatic carbocycles. The van der Waals surface area contributed by atoms with Crippen LogP contribution in [0.5, 0.6) is 0 Å². The number of nitrogens with one attached hydrogen (secondary N) is 1. The van der Waals surface area contributed by atoms with E-state index in [0.717, 1.165) is 12.8 Å². The molecular formula is C24H31N3O4. The molecule has 3 aliphatic carbocycles. The molecule has 1 N–H and O–H groups in total. The smallest absolute Gasteiger partial charge is 0.359 e. The highest BCUT2D eigenvalue weighted by molar-refractivity contribution is 5.89. The summed E-state index contributed by atoms with van der Waals surface area (Å²) in [6.07, 6.45) is 9.61. The third-order valence-corrected chi connectivity index (χ3v) is 7.02. The number of carbonyl (C=O) groups is 1. The third kappa shape index (κ3) is 3.38. The molecule has 2 fully saturated rings. The Morgan fingerprint density at radius 1 is 1.32 bits per heavy atom. The van der Waals surface area contributed by atoms with Crippen molar-refractivity contribution in [2.24, 2.45) is 16.8 Å². The van der Waals surface area contributed by atoms with Crippen molar-refractivity contribution in [3.05, 3.63) is 40.4 Å². The van der Waals surface area contributed by atoms with Gasteiger partial charge >= 0.3 is 5.97 Å². The van der Waals surface area contributed by atoms with E-state index in [2.05, 4.69) is 21.5 Å². The van der Waals surface area contributed by atoms with Crippen LogP contribution in [-0.4, -0.2) is 30.3 Å². The minimum atomic E-state index is -1.40. The Balaban J connectivity index is 1.43. The van der Waals surface area contributed by atoms with Gasteiger partial charge in [0, 0.05) is 23.6 Å². The van der Waals surface area contributed by atoms with Crippen molar-refractivity contribution in [2.75, 3.05) is 13.2 Å². The van der Waals surface area contributed by atoms with Crippen molar-refractivity contribution < 1.29 is 18.8 Å². The number of hydrogen-bond donors (Lipinski definition) is 1. The lowest BCUT2D eigenvalue weighted by Gasteiger charge is -2.30. The van der Waals surface area contributed by atoms with Crippen LogP contribution in [0.1, 0.15) is 76.7 Å². The molecule has 5 rings (SSSR count). The first kappa shape index (κ1) is 20.3. The van der Waals surface area contributed by atoms with E-state index >= 15 is 0 Å². The average Bonchev–Trinajstić information content (AvgIpc) is 3.52. The predicted molar refractivity (Wildman–Crippen MR) is 115 cm³/mol. The molecule has 1 aliphatic heterocycles. The lowest BCUT2D eigenvalue weighted by atomic mass is 9.82. The monoisotopic (exact) mass is 425 g/mol. The van der Waals surface area contributed by atoms with Gasteiger partial charge in [0.2, 0.25) is 0 Å². The Bertz CT molecular complexity index is 973. The van der Waals surface area contributed by atoms with Crippen molar-refractivity contribution in [3.63, 3.8) is 0 Å². The Hall–Kier alpha value is -2.57. The van der Waals surface area contributed by atoms with Crippen LogP contribution in [0.2, 0.25) is 0 Å². The van der Waals surface area contributed by atoms with Gasteiger partial charge in [0.15, 0.2) is 0 Å². The molecule has 3 unspecified atom stereocenters. The van der Waals surface area contributed by atoms with Gasteiger partial charge < -0.3 is 19.3 Å². The summed E-state index contributed by atoms with van der Waals surface area (Å²) >= 11 is 0. The zero-order valence-electron chi connectivity index (χ0n) is 18.6. The molecule has 0 radical (unpaired) electrons. The van der Waals surface area contributed by atoms with Crippen molar-refractivity contribution >= 4 is 12.0 Å². The van der Waals surface area contributed by atoms with Crippen LogP contribution in [-0.2, 0) is 19.9 Å². The highest BCUT2D eigenvalue weighted by atomic mass is 16.6. The maximum Gasteiger partial charge on any atom is 0.359 e. The molecule has 166 valence electrons. The van der Waals surface area contributed by atoms with Crippen LogP contribution in [0, 0.1) is 11.8 Å². The Morgan fingerprint density at radius 2 is 2.19 bits per heavy atom. The minimum Gasteiger partial charge on any atom is -0.463 e. The van der Waals surface area contributed by atoms with Gasteiger partial charge in [0.1, 0.15) is 18.0 Å². The van der Waals surface area contributed by atoms with E-state index < -0.39 is 11.6 Å². The Labute approximate surface area is 182 Å². The lowest BCUT2D eigenvalue weighted by Crippen LogP contribution is -2.43. The van der Waals surface area contributed by atoms with Gasteiger partial charge in [0.05, 0.1) is 6.61 Å². The number of nitrogens with zero attached hydrogens (tertiary/aromatic N) is 2. The normalized spacial score (nSPS) is 29.4. The topological polar surface area (TPSA) is 86.0 Å². The van der Waals surface area contributed by atoms with Crippen molar-refractivity contribution in [1.82, 2.24) is 10.5 Å². The van der Waals surface area contributed by atoms with Crippen LogP contribution in [0.25, 0.3) is 0 Å². The molecule has 0 saturated heterocycles. The molecule has 0 spiro atoms. The number of aliphatic imine (C=N–C) groups is 1. The summed E-state index contributed by atoms with van der Waals surface area (Å²) in [6, 6.07) is 2.16. The second-order valence-corrected chi connectivity index (χ2v) is 9.30. The highest BCUT2D eigenvalue weighted by Crippen LogP contribution is 2.48. The molecule has 2 saturated carbocycles. The molecule has 1 aromatic rings. The van der Waals surface area contributed by atoms with Crippen molar-refractivity contribution in [2.45, 2.75) is 70.8 Å². The van der Waals surface area contributed by atoms with E-state index in [4.69, 9.17) is 14.0 Å². The average molecular weight is 426 g/mol. The number of carbonyl (C=O) groups excluding carboxylic acids is 1. The zero-order chi connectivity index (χ0) is 21.6. The lowest BCUT2D eigenvalue weighted by molar-refractivity contribution is -0.162. The quantitative estimate of drug-likeness (QED) is 0.707. The van der Waals surface area contributed by atoms with E-state index in [9.17, 15) is 4.79 Å². The van der Waals surface area contributed by atoms with Gasteiger partial charge in [-0.1, -0.05) is 31.5 Å². The Kier molecular flexibility index (Phi) is 5.15. The van der Waals surface area contributed by atoms with Gasteiger partial charge in [-0.2, -0.15) is 0 Å². The summed E-state index contributed by atoms with van der Waals surface area (Å²) in [6.45, 7) is 6.20. The molecule has 7 heteroatoms. The third-order valence-electron chi connectivity index (χ3n) is 7.02. The molecular weight excluding hydrogens is 394 g/mol. The van der Waals surface area contributed by atoms with Crippen LogP contribution in [0.4, 0.5) is 0 Å². The molecule has 3 atom stereocenters. The molecule has 1 aromatic heterocycles. The van der Waals surface area contributed by atoms with E-state index in [1.165, 1.54) is 42.5 Å². The van der Waals surface area contributed by atoms with E-state index in [1.807, 2.05) is 13.8 Å². The molecule has 7 nitrogen and oxygen atoms in total. The number of rotatable bonds is 5.